The van der Waals surface area contributed by atoms with Crippen LogP contribution in [0.1, 0.15) is 24.9 Å². The molecular weight excluding hydrogens is 169 g/mol. The van der Waals surface area contributed by atoms with Gasteiger partial charge in [-0.25, -0.2) is 4.39 Å². The van der Waals surface area contributed by atoms with Crippen molar-refractivity contribution in [2.75, 3.05) is 0 Å². The van der Waals surface area contributed by atoms with Crippen LogP contribution in [-0.4, -0.2) is 0 Å². The molecule has 1 aromatic rings. The molecule has 1 rings (SSSR count). The Morgan fingerprint density at radius 1 is 1.62 bits per heavy atom. The second kappa shape index (κ2) is 4.48. The lowest BCUT2D eigenvalue weighted by Crippen LogP contribution is -1.92. The van der Waals surface area contributed by atoms with Crippen molar-refractivity contribution in [3.63, 3.8) is 0 Å². The van der Waals surface area contributed by atoms with Gasteiger partial charge in [-0.1, -0.05) is 24.2 Å². The van der Waals surface area contributed by atoms with E-state index in [2.05, 4.69) is 10.0 Å². The van der Waals surface area contributed by atoms with E-state index < -0.39 is 0 Å². The van der Waals surface area contributed by atoms with Crippen LogP contribution in [-0.2, 0) is 0 Å². The van der Waals surface area contributed by atoms with Crippen molar-refractivity contribution in [2.45, 2.75) is 19.4 Å². The molecule has 1 aromatic carbocycles. The highest BCUT2D eigenvalue weighted by atomic mass is 19.1. The lowest BCUT2D eigenvalue weighted by atomic mass is 10.1. The van der Waals surface area contributed by atoms with Crippen molar-refractivity contribution < 1.29 is 4.39 Å². The maximum Gasteiger partial charge on any atom is 0.123 e. The molecule has 0 bridgehead atoms. The van der Waals surface area contributed by atoms with Gasteiger partial charge in [-0.15, -0.1) is 0 Å². The molecule has 0 fully saturated rings. The minimum atomic E-state index is -0.302. The highest BCUT2D eigenvalue weighted by molar-refractivity contribution is 5.20. The topological polar surface area (TPSA) is 48.8 Å². The highest BCUT2D eigenvalue weighted by Gasteiger charge is 2.06. The average Bonchev–Trinajstić information content (AvgIpc) is 2.14. The highest BCUT2D eigenvalue weighted by Crippen LogP contribution is 2.21. The molecule has 0 unspecified atom stereocenters. The first-order valence-corrected chi connectivity index (χ1v) is 4.07. The van der Waals surface area contributed by atoms with Gasteiger partial charge in [0.15, 0.2) is 0 Å². The van der Waals surface area contributed by atoms with Crippen molar-refractivity contribution in [3.05, 3.63) is 46.1 Å². The molecule has 0 aliphatic heterocycles. The molecule has 68 valence electrons. The summed E-state index contributed by atoms with van der Waals surface area (Å²) in [5, 5.41) is 3.57. The van der Waals surface area contributed by atoms with Gasteiger partial charge in [0.2, 0.25) is 0 Å². The van der Waals surface area contributed by atoms with Gasteiger partial charge in [0, 0.05) is 4.91 Å². The summed E-state index contributed by atoms with van der Waals surface area (Å²) in [7, 11) is 0. The van der Waals surface area contributed by atoms with Gasteiger partial charge < -0.3 is 0 Å². The van der Waals surface area contributed by atoms with Crippen LogP contribution in [0.4, 0.5) is 4.39 Å². The standard InChI is InChI=1S/C9H10FN3/c1-2-9(12-13-11)7-4-3-5-8(10)6-7/h3-6,9H,2H2,1H3/t9-/m1/s1. The quantitative estimate of drug-likeness (QED) is 0.387. The predicted octanol–water partition coefficient (Wildman–Crippen LogP) is 3.59. The summed E-state index contributed by atoms with van der Waals surface area (Å²) in [4.78, 5) is 2.72. The molecule has 0 N–H and O–H groups in total. The summed E-state index contributed by atoms with van der Waals surface area (Å²) in [6.07, 6.45) is 0.674. The second-order valence-corrected chi connectivity index (χ2v) is 2.68. The van der Waals surface area contributed by atoms with Gasteiger partial charge in [-0.05, 0) is 29.6 Å². The van der Waals surface area contributed by atoms with Gasteiger partial charge in [0.1, 0.15) is 5.82 Å². The number of hydrogen-bond donors (Lipinski definition) is 0. The number of hydrogen-bond acceptors (Lipinski definition) is 1. The van der Waals surface area contributed by atoms with E-state index in [1.54, 1.807) is 12.1 Å². The van der Waals surface area contributed by atoms with E-state index in [0.29, 0.717) is 6.42 Å². The van der Waals surface area contributed by atoms with Gasteiger partial charge >= 0.3 is 0 Å². The van der Waals surface area contributed by atoms with Crippen molar-refractivity contribution in [1.29, 1.82) is 0 Å². The Morgan fingerprint density at radius 3 is 2.92 bits per heavy atom. The third kappa shape index (κ3) is 2.46. The molecule has 0 radical (unpaired) electrons. The average molecular weight is 179 g/mol. The molecule has 13 heavy (non-hydrogen) atoms. The van der Waals surface area contributed by atoms with Crippen LogP contribution in [0.25, 0.3) is 10.4 Å². The Balaban J connectivity index is 2.97. The maximum absolute atomic E-state index is 12.8. The third-order valence-electron chi connectivity index (χ3n) is 1.81. The van der Waals surface area contributed by atoms with Gasteiger partial charge in [0.25, 0.3) is 0 Å². The van der Waals surface area contributed by atoms with Gasteiger partial charge in [0.05, 0.1) is 6.04 Å². The smallest absolute Gasteiger partial charge is 0.123 e. The van der Waals surface area contributed by atoms with Crippen LogP contribution in [0.3, 0.4) is 0 Å². The molecular formula is C9H10FN3. The van der Waals surface area contributed by atoms with E-state index in [1.807, 2.05) is 6.92 Å². The molecule has 0 saturated carbocycles. The lowest BCUT2D eigenvalue weighted by molar-refractivity contribution is 0.616. The zero-order chi connectivity index (χ0) is 9.68. The first-order valence-electron chi connectivity index (χ1n) is 4.07. The number of nitrogens with zero attached hydrogens (tertiary/aromatic N) is 3. The fraction of sp³-hybridized carbons (Fsp3) is 0.333. The molecule has 0 aromatic heterocycles. The summed E-state index contributed by atoms with van der Waals surface area (Å²) in [6, 6.07) is 5.86. The van der Waals surface area contributed by atoms with Crippen LogP contribution in [0.2, 0.25) is 0 Å². The van der Waals surface area contributed by atoms with E-state index >= 15 is 0 Å². The van der Waals surface area contributed by atoms with Crippen molar-refractivity contribution in [3.8, 4) is 0 Å². The largest absolute Gasteiger partial charge is 0.207 e. The minimum absolute atomic E-state index is 0.263. The first-order chi connectivity index (χ1) is 6.27. The summed E-state index contributed by atoms with van der Waals surface area (Å²) in [5.74, 6) is -0.302. The van der Waals surface area contributed by atoms with Crippen LogP contribution in [0.5, 0.6) is 0 Å². The SMILES string of the molecule is CC[C@@H](N=[N+]=[N-])c1cccc(F)c1. The molecule has 0 spiro atoms. The molecule has 1 atom stereocenters. The van der Waals surface area contributed by atoms with Crippen LogP contribution in [0, 0.1) is 5.82 Å². The normalized spacial score (nSPS) is 11.8. The second-order valence-electron chi connectivity index (χ2n) is 2.68. The molecule has 0 aliphatic carbocycles. The predicted molar refractivity (Wildman–Crippen MR) is 48.6 cm³/mol. The van der Waals surface area contributed by atoms with E-state index in [4.69, 9.17) is 5.53 Å². The third-order valence-corrected chi connectivity index (χ3v) is 1.81. The van der Waals surface area contributed by atoms with Crippen LogP contribution < -0.4 is 0 Å². The van der Waals surface area contributed by atoms with E-state index in [1.165, 1.54) is 12.1 Å². The zero-order valence-corrected chi connectivity index (χ0v) is 7.31. The first kappa shape index (κ1) is 9.55. The summed E-state index contributed by atoms with van der Waals surface area (Å²) in [5.41, 5.74) is 8.99. The van der Waals surface area contributed by atoms with Crippen LogP contribution >= 0.6 is 0 Å². The lowest BCUT2D eigenvalue weighted by Gasteiger charge is -2.07. The van der Waals surface area contributed by atoms with Gasteiger partial charge in [-0.2, -0.15) is 0 Å². The summed E-state index contributed by atoms with van der Waals surface area (Å²) < 4.78 is 12.8. The zero-order valence-electron chi connectivity index (χ0n) is 7.31. The molecule has 0 amide bonds. The Hall–Kier alpha value is -1.54. The molecule has 0 aliphatic rings. The molecule has 0 saturated heterocycles. The van der Waals surface area contributed by atoms with Gasteiger partial charge in [-0.3, -0.25) is 0 Å². The number of rotatable bonds is 3. The maximum atomic E-state index is 12.8. The number of azide groups is 1. The fourth-order valence-electron chi connectivity index (χ4n) is 1.16. The van der Waals surface area contributed by atoms with Crippen molar-refractivity contribution >= 4 is 0 Å². The number of benzene rings is 1. The van der Waals surface area contributed by atoms with E-state index in [9.17, 15) is 4.39 Å². The Morgan fingerprint density at radius 2 is 2.38 bits per heavy atom. The Labute approximate surface area is 75.8 Å². The van der Waals surface area contributed by atoms with Crippen molar-refractivity contribution in [1.82, 2.24) is 0 Å². The minimum Gasteiger partial charge on any atom is -0.207 e. The summed E-state index contributed by atoms with van der Waals surface area (Å²) in [6.45, 7) is 1.89. The Bertz CT molecular complexity index is 331. The van der Waals surface area contributed by atoms with E-state index in [-0.39, 0.29) is 11.9 Å². The van der Waals surface area contributed by atoms with E-state index in [0.717, 1.165) is 5.56 Å². The van der Waals surface area contributed by atoms with Crippen molar-refractivity contribution in [2.24, 2.45) is 5.11 Å². The monoisotopic (exact) mass is 179 g/mol. The number of halogens is 1. The Kier molecular flexibility index (Phi) is 3.29. The molecule has 3 nitrogen and oxygen atoms in total. The summed E-state index contributed by atoms with van der Waals surface area (Å²) >= 11 is 0. The van der Waals surface area contributed by atoms with Crippen LogP contribution in [0.15, 0.2) is 29.4 Å². The molecule has 4 heteroatoms. The molecule has 0 heterocycles. The fourth-order valence-corrected chi connectivity index (χ4v) is 1.16.